The van der Waals surface area contributed by atoms with Crippen LogP contribution in [-0.4, -0.2) is 24.7 Å². The summed E-state index contributed by atoms with van der Waals surface area (Å²) in [6.45, 7) is 1.85. The molecule has 130 valence electrons. The number of fused-ring (bicyclic) bond motifs is 1. The summed E-state index contributed by atoms with van der Waals surface area (Å²) in [7, 11) is 0. The molecule has 5 nitrogen and oxygen atoms in total. The van der Waals surface area contributed by atoms with Crippen LogP contribution in [-0.2, 0) is 6.18 Å². The summed E-state index contributed by atoms with van der Waals surface area (Å²) in [4.78, 5) is 12.5. The van der Waals surface area contributed by atoms with E-state index in [-0.39, 0.29) is 5.52 Å². The van der Waals surface area contributed by atoms with Gasteiger partial charge in [0, 0.05) is 29.8 Å². The van der Waals surface area contributed by atoms with Gasteiger partial charge in [-0.3, -0.25) is 9.97 Å². The van der Waals surface area contributed by atoms with Gasteiger partial charge in [0.05, 0.1) is 5.56 Å². The summed E-state index contributed by atoms with van der Waals surface area (Å²) in [5.41, 5.74) is 1.71. The molecule has 0 aliphatic carbocycles. The van der Waals surface area contributed by atoms with Gasteiger partial charge in [-0.05, 0) is 37.3 Å². The highest BCUT2D eigenvalue weighted by molar-refractivity contribution is 5.90. The Morgan fingerprint density at radius 2 is 1.81 bits per heavy atom. The third-order valence-electron chi connectivity index (χ3n) is 3.89. The van der Waals surface area contributed by atoms with E-state index >= 15 is 0 Å². The van der Waals surface area contributed by atoms with Gasteiger partial charge < -0.3 is 0 Å². The molecule has 0 bridgehead atoms. The van der Waals surface area contributed by atoms with Crippen molar-refractivity contribution in [1.29, 1.82) is 0 Å². The molecule has 4 aromatic rings. The summed E-state index contributed by atoms with van der Waals surface area (Å²) in [5, 5.41) is 4.32. The van der Waals surface area contributed by atoms with Crippen LogP contribution in [0, 0.1) is 6.92 Å². The van der Waals surface area contributed by atoms with E-state index in [0.29, 0.717) is 22.6 Å². The highest BCUT2D eigenvalue weighted by Gasteiger charge is 2.32. The van der Waals surface area contributed by atoms with Crippen molar-refractivity contribution in [1.82, 2.24) is 24.7 Å². The number of alkyl halides is 3. The molecule has 0 aliphatic rings. The van der Waals surface area contributed by atoms with Crippen molar-refractivity contribution in [2.24, 2.45) is 0 Å². The lowest BCUT2D eigenvalue weighted by atomic mass is 10.1. The Balaban J connectivity index is 2.01. The van der Waals surface area contributed by atoms with Gasteiger partial charge in [0.1, 0.15) is 16.7 Å². The molecule has 0 saturated carbocycles. The number of aromatic nitrogens is 5. The number of rotatable bonds is 2. The third-order valence-corrected chi connectivity index (χ3v) is 3.89. The molecule has 4 rings (SSSR count). The van der Waals surface area contributed by atoms with Crippen LogP contribution < -0.4 is 0 Å². The second-order valence-electron chi connectivity index (χ2n) is 5.73. The molecule has 0 saturated heterocycles. The molecule has 0 fully saturated rings. The first kappa shape index (κ1) is 16.2. The first-order valence-corrected chi connectivity index (χ1v) is 7.74. The zero-order valence-electron chi connectivity index (χ0n) is 13.6. The molecule has 0 spiro atoms. The number of hydrogen-bond acceptors (Lipinski definition) is 4. The SMILES string of the molecule is Cc1ccc(-c2c3ncc(C(F)(F)F)cc3nn2-c2ccccn2)cn1. The van der Waals surface area contributed by atoms with Gasteiger partial charge >= 0.3 is 6.18 Å². The number of aryl methyl sites for hydroxylation is 1. The van der Waals surface area contributed by atoms with Crippen LogP contribution >= 0.6 is 0 Å². The van der Waals surface area contributed by atoms with Gasteiger partial charge in [-0.15, -0.1) is 0 Å². The Morgan fingerprint density at radius 3 is 2.46 bits per heavy atom. The van der Waals surface area contributed by atoms with Crippen LogP contribution in [0.4, 0.5) is 13.2 Å². The smallest absolute Gasteiger partial charge is 0.261 e. The first-order chi connectivity index (χ1) is 12.4. The normalized spacial score (nSPS) is 11.8. The molecule has 0 radical (unpaired) electrons. The minimum Gasteiger partial charge on any atom is -0.261 e. The van der Waals surface area contributed by atoms with E-state index in [1.165, 1.54) is 4.68 Å². The topological polar surface area (TPSA) is 56.5 Å². The van der Waals surface area contributed by atoms with Crippen molar-refractivity contribution in [2.45, 2.75) is 13.1 Å². The maximum atomic E-state index is 13.0. The maximum absolute atomic E-state index is 13.0. The van der Waals surface area contributed by atoms with Crippen LogP contribution in [0.3, 0.4) is 0 Å². The average molecular weight is 355 g/mol. The Hall–Kier alpha value is -3.29. The van der Waals surface area contributed by atoms with Crippen LogP contribution in [0.2, 0.25) is 0 Å². The lowest BCUT2D eigenvalue weighted by Gasteiger charge is -2.07. The van der Waals surface area contributed by atoms with Crippen molar-refractivity contribution >= 4 is 11.0 Å². The molecular formula is C18H12F3N5. The minimum atomic E-state index is -4.48. The van der Waals surface area contributed by atoms with Crippen LogP contribution in [0.25, 0.3) is 28.1 Å². The summed E-state index contributed by atoms with van der Waals surface area (Å²) < 4.78 is 40.5. The molecule has 0 N–H and O–H groups in total. The fourth-order valence-corrected chi connectivity index (χ4v) is 2.64. The van der Waals surface area contributed by atoms with Crippen molar-refractivity contribution in [3.8, 4) is 17.1 Å². The fourth-order valence-electron chi connectivity index (χ4n) is 2.64. The van der Waals surface area contributed by atoms with E-state index in [0.717, 1.165) is 18.0 Å². The maximum Gasteiger partial charge on any atom is 0.417 e. The molecule has 0 aromatic carbocycles. The molecule has 0 amide bonds. The molecule has 26 heavy (non-hydrogen) atoms. The summed E-state index contributed by atoms with van der Waals surface area (Å²) in [5.74, 6) is 0.481. The van der Waals surface area contributed by atoms with Crippen LogP contribution in [0.1, 0.15) is 11.3 Å². The lowest BCUT2D eigenvalue weighted by Crippen LogP contribution is -2.05. The fraction of sp³-hybridized carbons (Fsp3) is 0.111. The number of halogens is 3. The number of nitrogens with zero attached hydrogens (tertiary/aromatic N) is 5. The molecule has 8 heteroatoms. The quantitative estimate of drug-likeness (QED) is 0.541. The first-order valence-electron chi connectivity index (χ1n) is 7.74. The molecular weight excluding hydrogens is 343 g/mol. The van der Waals surface area contributed by atoms with Crippen molar-refractivity contribution < 1.29 is 13.2 Å². The van der Waals surface area contributed by atoms with E-state index in [2.05, 4.69) is 20.1 Å². The van der Waals surface area contributed by atoms with Gasteiger partial charge in [0.25, 0.3) is 0 Å². The molecule has 0 atom stereocenters. The van der Waals surface area contributed by atoms with Crippen LogP contribution in [0.5, 0.6) is 0 Å². The lowest BCUT2D eigenvalue weighted by molar-refractivity contribution is -0.137. The van der Waals surface area contributed by atoms with Crippen LogP contribution in [0.15, 0.2) is 55.0 Å². The third kappa shape index (κ3) is 2.79. The van der Waals surface area contributed by atoms with Crippen molar-refractivity contribution in [3.05, 3.63) is 66.2 Å². The Morgan fingerprint density at radius 1 is 0.962 bits per heavy atom. The van der Waals surface area contributed by atoms with Crippen molar-refractivity contribution in [3.63, 3.8) is 0 Å². The van der Waals surface area contributed by atoms with E-state index < -0.39 is 11.7 Å². The molecule has 0 unspecified atom stereocenters. The van der Waals surface area contributed by atoms with Gasteiger partial charge in [-0.1, -0.05) is 6.07 Å². The van der Waals surface area contributed by atoms with Gasteiger partial charge in [0.2, 0.25) is 0 Å². The minimum absolute atomic E-state index is 0.140. The average Bonchev–Trinajstić information content (AvgIpc) is 3.01. The summed E-state index contributed by atoms with van der Waals surface area (Å²) in [6, 6.07) is 9.90. The number of pyridine rings is 3. The van der Waals surface area contributed by atoms with Crippen molar-refractivity contribution in [2.75, 3.05) is 0 Å². The highest BCUT2D eigenvalue weighted by Crippen LogP contribution is 2.34. The zero-order valence-corrected chi connectivity index (χ0v) is 13.6. The summed E-state index contributed by atoms with van der Waals surface area (Å²) in [6.07, 6.45) is -0.433. The Kier molecular flexibility index (Phi) is 3.68. The van der Waals surface area contributed by atoms with E-state index in [1.807, 2.05) is 19.1 Å². The van der Waals surface area contributed by atoms with E-state index in [9.17, 15) is 13.2 Å². The van der Waals surface area contributed by atoms with Gasteiger partial charge in [-0.25, -0.2) is 9.67 Å². The molecule has 0 aliphatic heterocycles. The summed E-state index contributed by atoms with van der Waals surface area (Å²) >= 11 is 0. The molecule has 4 aromatic heterocycles. The van der Waals surface area contributed by atoms with E-state index in [1.54, 1.807) is 30.6 Å². The van der Waals surface area contributed by atoms with E-state index in [4.69, 9.17) is 0 Å². The van der Waals surface area contributed by atoms with Gasteiger partial charge in [-0.2, -0.15) is 18.3 Å². The second-order valence-corrected chi connectivity index (χ2v) is 5.73. The largest absolute Gasteiger partial charge is 0.417 e. The van der Waals surface area contributed by atoms with Gasteiger partial charge in [0.15, 0.2) is 5.82 Å². The molecule has 4 heterocycles. The number of hydrogen-bond donors (Lipinski definition) is 0. The predicted molar refractivity (Wildman–Crippen MR) is 89.6 cm³/mol. The highest BCUT2D eigenvalue weighted by atomic mass is 19.4. The Labute approximate surface area is 146 Å². The standard InChI is InChI=1S/C18H12F3N5/c1-11-5-6-12(9-23-11)17-16-14(8-13(10-24-16)18(19,20)21)25-26(17)15-4-2-3-7-22-15/h2-10H,1H3. The monoisotopic (exact) mass is 355 g/mol. The zero-order chi connectivity index (χ0) is 18.3. The predicted octanol–water partition coefficient (Wildman–Crippen LogP) is 4.20. The Bertz CT molecular complexity index is 1070. The second kappa shape index (κ2) is 5.91.